The molecule has 1 aromatic heterocycles. The summed E-state index contributed by atoms with van der Waals surface area (Å²) in [4.78, 5) is 14.4. The Morgan fingerprint density at radius 2 is 2.25 bits per heavy atom. The van der Waals surface area contributed by atoms with Gasteiger partial charge in [-0.2, -0.15) is 5.10 Å². The maximum absolute atomic E-state index is 11.8. The van der Waals surface area contributed by atoms with E-state index in [1.807, 2.05) is 0 Å². The summed E-state index contributed by atoms with van der Waals surface area (Å²) >= 11 is 0. The van der Waals surface area contributed by atoms with Gasteiger partial charge in [0, 0.05) is 51.7 Å². The molecule has 1 aromatic rings. The van der Waals surface area contributed by atoms with Crippen LogP contribution in [0.5, 0.6) is 0 Å². The fraction of sp³-hybridized carbons (Fsp3) is 0.778. The van der Waals surface area contributed by atoms with Crippen LogP contribution >= 0.6 is 0 Å². The van der Waals surface area contributed by atoms with Crippen molar-refractivity contribution in [3.8, 4) is 0 Å². The molecule has 4 rings (SSSR count). The molecule has 1 saturated heterocycles. The first kappa shape index (κ1) is 16.1. The van der Waals surface area contributed by atoms with Crippen molar-refractivity contribution in [1.82, 2.24) is 20.0 Å². The topological polar surface area (TPSA) is 59.4 Å². The van der Waals surface area contributed by atoms with E-state index in [9.17, 15) is 4.79 Å². The number of nitrogens with zero attached hydrogens (tertiary/aromatic N) is 3. The highest BCUT2D eigenvalue weighted by atomic mass is 16.5. The molecule has 3 aliphatic rings. The highest BCUT2D eigenvalue weighted by molar-refractivity contribution is 5.76. The Hall–Kier alpha value is -1.40. The van der Waals surface area contributed by atoms with E-state index < -0.39 is 0 Å². The van der Waals surface area contributed by atoms with Crippen molar-refractivity contribution in [1.29, 1.82) is 0 Å². The number of fused-ring (bicyclic) bond motifs is 1. The highest BCUT2D eigenvalue weighted by Crippen LogP contribution is 2.20. The standard InChI is InChI=1S/C18H28N4O2/c23-18(19-15-2-3-15)5-4-16-10-17-12-21(7-1-8-22(17)20-16)11-14-6-9-24-13-14/h10,14-15H,1-9,11-13H2,(H,19,23). The Labute approximate surface area is 143 Å². The lowest BCUT2D eigenvalue weighted by atomic mass is 10.1. The van der Waals surface area contributed by atoms with E-state index in [0.717, 1.165) is 70.8 Å². The van der Waals surface area contributed by atoms with Gasteiger partial charge >= 0.3 is 0 Å². The van der Waals surface area contributed by atoms with Crippen molar-refractivity contribution >= 4 is 5.91 Å². The summed E-state index contributed by atoms with van der Waals surface area (Å²) < 4.78 is 7.66. The molecule has 1 amide bonds. The molecule has 1 saturated carbocycles. The fourth-order valence-corrected chi connectivity index (χ4v) is 3.73. The minimum absolute atomic E-state index is 0.170. The molecule has 1 N–H and O–H groups in total. The Morgan fingerprint density at radius 3 is 3.04 bits per heavy atom. The first-order valence-corrected chi connectivity index (χ1v) is 9.41. The fourth-order valence-electron chi connectivity index (χ4n) is 3.73. The third kappa shape index (κ3) is 4.16. The van der Waals surface area contributed by atoms with Crippen LogP contribution in [0.25, 0.3) is 0 Å². The lowest BCUT2D eigenvalue weighted by molar-refractivity contribution is -0.121. The van der Waals surface area contributed by atoms with Crippen molar-refractivity contribution in [2.75, 3.05) is 26.3 Å². The normalized spacial score (nSPS) is 24.6. The maximum atomic E-state index is 11.8. The van der Waals surface area contributed by atoms with Gasteiger partial charge in [0.05, 0.1) is 18.0 Å². The first-order chi connectivity index (χ1) is 11.8. The monoisotopic (exact) mass is 332 g/mol. The summed E-state index contributed by atoms with van der Waals surface area (Å²) in [7, 11) is 0. The number of ether oxygens (including phenoxy) is 1. The molecule has 0 aromatic carbocycles. The first-order valence-electron chi connectivity index (χ1n) is 9.41. The molecule has 2 fully saturated rings. The van der Waals surface area contributed by atoms with E-state index in [0.29, 0.717) is 18.4 Å². The molecular weight excluding hydrogens is 304 g/mol. The van der Waals surface area contributed by atoms with E-state index in [1.165, 1.54) is 12.1 Å². The van der Waals surface area contributed by atoms with Gasteiger partial charge in [0.25, 0.3) is 0 Å². The molecule has 0 radical (unpaired) electrons. The Kier molecular flexibility index (Phi) is 4.85. The number of hydrogen-bond acceptors (Lipinski definition) is 4. The van der Waals surface area contributed by atoms with Crippen LogP contribution in [-0.4, -0.2) is 52.9 Å². The Morgan fingerprint density at radius 1 is 1.33 bits per heavy atom. The summed E-state index contributed by atoms with van der Waals surface area (Å²) in [6, 6.07) is 2.65. The Bertz CT molecular complexity index is 576. The van der Waals surface area contributed by atoms with Gasteiger partial charge in [-0.3, -0.25) is 14.4 Å². The smallest absolute Gasteiger partial charge is 0.220 e. The number of nitrogens with one attached hydrogen (secondary N) is 1. The molecule has 1 aliphatic carbocycles. The lowest BCUT2D eigenvalue weighted by Gasteiger charge is -2.22. The molecule has 0 bridgehead atoms. The quantitative estimate of drug-likeness (QED) is 0.854. The minimum Gasteiger partial charge on any atom is -0.381 e. The number of hydrogen-bond donors (Lipinski definition) is 1. The third-order valence-electron chi connectivity index (χ3n) is 5.23. The predicted molar refractivity (Wildman–Crippen MR) is 90.5 cm³/mol. The van der Waals surface area contributed by atoms with Crippen LogP contribution in [0.1, 0.15) is 43.5 Å². The van der Waals surface area contributed by atoms with Gasteiger partial charge in [-0.05, 0) is 37.7 Å². The summed E-state index contributed by atoms with van der Waals surface area (Å²) in [6.45, 7) is 6.06. The second-order valence-electron chi connectivity index (χ2n) is 7.51. The zero-order valence-corrected chi connectivity index (χ0v) is 14.4. The van der Waals surface area contributed by atoms with Crippen molar-refractivity contribution in [2.24, 2.45) is 5.92 Å². The van der Waals surface area contributed by atoms with Gasteiger partial charge in [-0.25, -0.2) is 0 Å². The van der Waals surface area contributed by atoms with Gasteiger partial charge in [0.15, 0.2) is 0 Å². The van der Waals surface area contributed by atoms with Gasteiger partial charge < -0.3 is 10.1 Å². The van der Waals surface area contributed by atoms with Crippen LogP contribution in [0.15, 0.2) is 6.07 Å². The van der Waals surface area contributed by atoms with Crippen LogP contribution in [0.2, 0.25) is 0 Å². The molecule has 0 spiro atoms. The predicted octanol–water partition coefficient (Wildman–Crippen LogP) is 1.34. The minimum atomic E-state index is 0.170. The molecule has 132 valence electrons. The second kappa shape index (κ2) is 7.23. The third-order valence-corrected chi connectivity index (χ3v) is 5.23. The van der Waals surface area contributed by atoms with E-state index in [-0.39, 0.29) is 5.91 Å². The molecule has 6 heteroatoms. The van der Waals surface area contributed by atoms with E-state index in [2.05, 4.69) is 21.0 Å². The molecule has 1 unspecified atom stereocenters. The van der Waals surface area contributed by atoms with Crippen molar-refractivity contribution in [2.45, 2.75) is 57.7 Å². The molecule has 24 heavy (non-hydrogen) atoms. The van der Waals surface area contributed by atoms with Crippen LogP contribution in [0, 0.1) is 5.92 Å². The molecule has 1 atom stereocenters. The largest absolute Gasteiger partial charge is 0.381 e. The highest BCUT2D eigenvalue weighted by Gasteiger charge is 2.24. The van der Waals surface area contributed by atoms with E-state index in [1.54, 1.807) is 0 Å². The zero-order valence-electron chi connectivity index (χ0n) is 14.4. The summed E-state index contributed by atoms with van der Waals surface area (Å²) in [6.07, 6.45) is 5.92. The zero-order chi connectivity index (χ0) is 16.4. The second-order valence-corrected chi connectivity index (χ2v) is 7.51. The van der Waals surface area contributed by atoms with Crippen LogP contribution in [-0.2, 0) is 29.0 Å². The number of aryl methyl sites for hydroxylation is 2. The van der Waals surface area contributed by atoms with Crippen molar-refractivity contribution in [3.05, 3.63) is 17.5 Å². The average molecular weight is 332 g/mol. The van der Waals surface area contributed by atoms with Crippen LogP contribution in [0.3, 0.4) is 0 Å². The van der Waals surface area contributed by atoms with Gasteiger partial charge in [0.2, 0.25) is 5.91 Å². The number of amides is 1. The SMILES string of the molecule is O=C(CCc1cc2n(n1)CCCN(CC1CCOC1)C2)NC1CC1. The summed E-state index contributed by atoms with van der Waals surface area (Å²) in [5.41, 5.74) is 2.35. The number of carbonyl (C=O) groups is 1. The number of rotatable bonds is 6. The van der Waals surface area contributed by atoms with Gasteiger partial charge in [0.1, 0.15) is 0 Å². The molecule has 6 nitrogen and oxygen atoms in total. The van der Waals surface area contributed by atoms with Crippen LogP contribution in [0.4, 0.5) is 0 Å². The molecule has 3 heterocycles. The number of aromatic nitrogens is 2. The van der Waals surface area contributed by atoms with E-state index in [4.69, 9.17) is 9.84 Å². The number of carbonyl (C=O) groups excluding carboxylic acids is 1. The van der Waals surface area contributed by atoms with E-state index >= 15 is 0 Å². The van der Waals surface area contributed by atoms with Crippen molar-refractivity contribution < 1.29 is 9.53 Å². The Balaban J connectivity index is 1.32. The molecular formula is C18H28N4O2. The summed E-state index contributed by atoms with van der Waals surface area (Å²) in [5, 5.41) is 7.78. The average Bonchev–Trinajstić information content (AvgIpc) is 3.13. The summed E-state index contributed by atoms with van der Waals surface area (Å²) in [5.74, 6) is 0.855. The van der Waals surface area contributed by atoms with Gasteiger partial charge in [-0.1, -0.05) is 0 Å². The molecule has 2 aliphatic heterocycles. The maximum Gasteiger partial charge on any atom is 0.220 e. The van der Waals surface area contributed by atoms with Crippen LogP contribution < -0.4 is 5.32 Å². The van der Waals surface area contributed by atoms with Crippen molar-refractivity contribution in [3.63, 3.8) is 0 Å². The lowest BCUT2D eigenvalue weighted by Crippen LogP contribution is -2.29. The van der Waals surface area contributed by atoms with Gasteiger partial charge in [-0.15, -0.1) is 0 Å².